The maximum Gasteiger partial charge on any atom is 0.282 e. The molecule has 2 aromatic rings. The van der Waals surface area contributed by atoms with Crippen LogP contribution in [0, 0.1) is 0 Å². The van der Waals surface area contributed by atoms with Crippen molar-refractivity contribution in [2.45, 2.75) is 13.5 Å². The van der Waals surface area contributed by atoms with Gasteiger partial charge >= 0.3 is 0 Å². The predicted molar refractivity (Wildman–Crippen MR) is 68.5 cm³/mol. The fraction of sp³-hybridized carbons (Fsp3) is 0.400. The lowest BCUT2D eigenvalue weighted by Gasteiger charge is -2.02. The minimum absolute atomic E-state index is 0.236. The lowest BCUT2D eigenvalue weighted by molar-refractivity contribution is 0.0948. The lowest BCUT2D eigenvalue weighted by atomic mass is 10.5. The van der Waals surface area contributed by atoms with Gasteiger partial charge in [-0.05, 0) is 6.92 Å². The van der Waals surface area contributed by atoms with Crippen LogP contribution in [-0.4, -0.2) is 32.2 Å². The maximum absolute atomic E-state index is 11.8. The van der Waals surface area contributed by atoms with Crippen molar-refractivity contribution in [3.05, 3.63) is 23.2 Å². The molecule has 18 heavy (non-hydrogen) atoms. The van der Waals surface area contributed by atoms with Gasteiger partial charge in [-0.15, -0.1) is 10.2 Å². The van der Waals surface area contributed by atoms with E-state index in [9.17, 15) is 4.79 Å². The highest BCUT2D eigenvalue weighted by Crippen LogP contribution is 2.14. The molecule has 2 heterocycles. The second-order valence-corrected chi connectivity index (χ2v) is 4.56. The van der Waals surface area contributed by atoms with Crippen LogP contribution < -0.4 is 10.6 Å². The van der Waals surface area contributed by atoms with Crippen molar-refractivity contribution >= 4 is 22.4 Å². The smallest absolute Gasteiger partial charge is 0.282 e. The Morgan fingerprint density at radius 2 is 2.33 bits per heavy atom. The Hall–Kier alpha value is -1.96. The molecule has 0 unspecified atom stereocenters. The molecule has 0 aliphatic carbocycles. The van der Waals surface area contributed by atoms with E-state index in [1.807, 2.05) is 24.7 Å². The molecule has 96 valence electrons. The first-order valence-corrected chi connectivity index (χ1v) is 6.34. The Morgan fingerprint density at radius 1 is 1.50 bits per heavy atom. The van der Waals surface area contributed by atoms with Gasteiger partial charge in [0.2, 0.25) is 10.1 Å². The second-order valence-electron chi connectivity index (χ2n) is 3.58. The molecule has 2 N–H and O–H groups in total. The number of carbonyl (C=O) groups excluding carboxylic acids is 1. The summed E-state index contributed by atoms with van der Waals surface area (Å²) in [6.45, 7) is 3.09. The van der Waals surface area contributed by atoms with Crippen LogP contribution >= 0.6 is 11.3 Å². The summed E-state index contributed by atoms with van der Waals surface area (Å²) >= 11 is 1.23. The number of nitrogens with zero attached hydrogens (tertiary/aromatic N) is 4. The molecule has 0 aliphatic heterocycles. The van der Waals surface area contributed by atoms with Gasteiger partial charge < -0.3 is 15.2 Å². The molecular formula is C10H14N6OS. The Balaban J connectivity index is 1.93. The summed E-state index contributed by atoms with van der Waals surface area (Å²) in [7, 11) is 1.88. The van der Waals surface area contributed by atoms with Gasteiger partial charge in [0.1, 0.15) is 5.82 Å². The van der Waals surface area contributed by atoms with Gasteiger partial charge in [0.25, 0.3) is 5.91 Å². The number of aryl methyl sites for hydroxylation is 1. The third-order valence-corrected chi connectivity index (χ3v) is 3.16. The highest BCUT2D eigenvalue weighted by atomic mass is 32.1. The van der Waals surface area contributed by atoms with Crippen LogP contribution in [0.4, 0.5) is 5.13 Å². The standard InChI is InChI=1S/C10H14N6OS/c1-3-11-10-15-14-9(18-10)8(17)13-6-7-12-4-5-16(7)2/h4-5H,3,6H2,1-2H3,(H,11,15)(H,13,17). The van der Waals surface area contributed by atoms with Crippen LogP contribution in [0.15, 0.2) is 12.4 Å². The SMILES string of the molecule is CCNc1nnc(C(=O)NCc2nccn2C)s1. The lowest BCUT2D eigenvalue weighted by Crippen LogP contribution is -2.24. The van der Waals surface area contributed by atoms with Crippen LogP contribution in [0.3, 0.4) is 0 Å². The van der Waals surface area contributed by atoms with E-state index in [0.29, 0.717) is 16.7 Å². The van der Waals surface area contributed by atoms with Crippen molar-refractivity contribution in [3.8, 4) is 0 Å². The fourth-order valence-corrected chi connectivity index (χ4v) is 2.07. The number of rotatable bonds is 5. The average molecular weight is 266 g/mol. The molecule has 1 amide bonds. The van der Waals surface area contributed by atoms with E-state index in [4.69, 9.17) is 0 Å². The van der Waals surface area contributed by atoms with E-state index in [1.54, 1.807) is 6.20 Å². The number of amides is 1. The van der Waals surface area contributed by atoms with Crippen molar-refractivity contribution in [3.63, 3.8) is 0 Å². The number of imidazole rings is 1. The zero-order valence-electron chi connectivity index (χ0n) is 10.2. The van der Waals surface area contributed by atoms with Crippen LogP contribution in [0.1, 0.15) is 22.6 Å². The number of anilines is 1. The zero-order valence-corrected chi connectivity index (χ0v) is 11.0. The molecule has 0 aliphatic rings. The summed E-state index contributed by atoms with van der Waals surface area (Å²) in [4.78, 5) is 15.9. The van der Waals surface area contributed by atoms with Crippen LogP contribution in [0.2, 0.25) is 0 Å². The summed E-state index contributed by atoms with van der Waals surface area (Å²) in [5, 5.41) is 14.5. The van der Waals surface area contributed by atoms with Crippen LogP contribution in [0.25, 0.3) is 0 Å². The first kappa shape index (κ1) is 12.5. The third-order valence-electron chi connectivity index (χ3n) is 2.28. The minimum atomic E-state index is -0.236. The number of hydrogen-bond donors (Lipinski definition) is 2. The van der Waals surface area contributed by atoms with Crippen molar-refractivity contribution in [1.82, 2.24) is 25.1 Å². The van der Waals surface area contributed by atoms with E-state index < -0.39 is 0 Å². The van der Waals surface area contributed by atoms with Gasteiger partial charge in [0.05, 0.1) is 6.54 Å². The van der Waals surface area contributed by atoms with Gasteiger partial charge in [0.15, 0.2) is 0 Å². The van der Waals surface area contributed by atoms with E-state index in [2.05, 4.69) is 25.8 Å². The van der Waals surface area contributed by atoms with Crippen molar-refractivity contribution in [1.29, 1.82) is 0 Å². The van der Waals surface area contributed by atoms with E-state index >= 15 is 0 Å². The molecule has 0 aromatic carbocycles. The molecular weight excluding hydrogens is 252 g/mol. The predicted octanol–water partition coefficient (Wildman–Crippen LogP) is 0.633. The molecule has 0 fully saturated rings. The van der Waals surface area contributed by atoms with E-state index in [-0.39, 0.29) is 5.91 Å². The molecule has 0 saturated heterocycles. The fourth-order valence-electron chi connectivity index (χ4n) is 1.34. The van der Waals surface area contributed by atoms with Gasteiger partial charge in [-0.25, -0.2) is 4.98 Å². The molecule has 2 rings (SSSR count). The molecule has 0 saturated carbocycles. The Kier molecular flexibility index (Phi) is 3.88. The summed E-state index contributed by atoms with van der Waals surface area (Å²) in [6.07, 6.45) is 3.52. The first-order valence-electron chi connectivity index (χ1n) is 5.52. The van der Waals surface area contributed by atoms with Crippen LogP contribution in [0.5, 0.6) is 0 Å². The number of nitrogens with one attached hydrogen (secondary N) is 2. The molecule has 2 aromatic heterocycles. The number of aromatic nitrogens is 4. The van der Waals surface area contributed by atoms with Gasteiger partial charge in [-0.3, -0.25) is 4.79 Å². The maximum atomic E-state index is 11.8. The first-order chi connectivity index (χ1) is 8.70. The molecule has 0 bridgehead atoms. The minimum Gasteiger partial charge on any atom is -0.360 e. The Morgan fingerprint density at radius 3 is 3.00 bits per heavy atom. The Labute approximate surface area is 108 Å². The molecule has 0 radical (unpaired) electrons. The van der Waals surface area contributed by atoms with Gasteiger partial charge in [-0.2, -0.15) is 0 Å². The highest BCUT2D eigenvalue weighted by Gasteiger charge is 2.12. The molecule has 7 nitrogen and oxygen atoms in total. The number of hydrogen-bond acceptors (Lipinski definition) is 6. The monoisotopic (exact) mass is 266 g/mol. The van der Waals surface area contributed by atoms with E-state index in [0.717, 1.165) is 12.4 Å². The molecule has 8 heteroatoms. The molecule has 0 atom stereocenters. The topological polar surface area (TPSA) is 84.7 Å². The zero-order chi connectivity index (χ0) is 13.0. The van der Waals surface area contributed by atoms with Crippen LogP contribution in [-0.2, 0) is 13.6 Å². The van der Waals surface area contributed by atoms with Gasteiger partial charge in [0, 0.05) is 26.0 Å². The summed E-state index contributed by atoms with van der Waals surface area (Å²) in [6, 6.07) is 0. The summed E-state index contributed by atoms with van der Waals surface area (Å²) in [5.41, 5.74) is 0. The second kappa shape index (κ2) is 5.58. The Bertz CT molecular complexity index is 534. The van der Waals surface area contributed by atoms with E-state index in [1.165, 1.54) is 11.3 Å². The quantitative estimate of drug-likeness (QED) is 0.829. The highest BCUT2D eigenvalue weighted by molar-refractivity contribution is 7.17. The van der Waals surface area contributed by atoms with Gasteiger partial charge in [-0.1, -0.05) is 11.3 Å². The van der Waals surface area contributed by atoms with Crippen molar-refractivity contribution < 1.29 is 4.79 Å². The largest absolute Gasteiger partial charge is 0.360 e. The summed E-state index contributed by atoms with van der Waals surface area (Å²) in [5.74, 6) is 0.555. The third kappa shape index (κ3) is 2.83. The number of carbonyl (C=O) groups is 1. The average Bonchev–Trinajstić information content (AvgIpc) is 2.96. The van der Waals surface area contributed by atoms with Crippen molar-refractivity contribution in [2.75, 3.05) is 11.9 Å². The summed E-state index contributed by atoms with van der Waals surface area (Å²) < 4.78 is 1.85. The normalized spacial score (nSPS) is 10.3. The molecule has 0 spiro atoms. The van der Waals surface area contributed by atoms with Crippen molar-refractivity contribution in [2.24, 2.45) is 7.05 Å².